The van der Waals surface area contributed by atoms with Gasteiger partial charge in [-0.2, -0.15) is 0 Å². The molecule has 0 spiro atoms. The molecule has 2 rings (SSSR count). The number of carbonyl (C=O) groups is 2. The van der Waals surface area contributed by atoms with E-state index in [9.17, 15) is 24.8 Å². The molecule has 0 saturated carbocycles. The van der Waals surface area contributed by atoms with Gasteiger partial charge in [0.2, 0.25) is 0 Å². The van der Waals surface area contributed by atoms with E-state index in [2.05, 4.69) is 5.32 Å². The van der Waals surface area contributed by atoms with Gasteiger partial charge in [0.05, 0.1) is 22.2 Å². The maximum atomic E-state index is 12.2. The van der Waals surface area contributed by atoms with Crippen LogP contribution in [0.25, 0.3) is 0 Å². The first-order valence-electron chi connectivity index (χ1n) is 6.57. The molecule has 8 nitrogen and oxygen atoms in total. The van der Waals surface area contributed by atoms with Crippen molar-refractivity contribution in [2.75, 3.05) is 11.9 Å². The molecule has 0 fully saturated rings. The van der Waals surface area contributed by atoms with Gasteiger partial charge in [-0.15, -0.1) is 0 Å². The highest BCUT2D eigenvalue weighted by Crippen LogP contribution is 2.30. The first-order chi connectivity index (χ1) is 11.4. The quantitative estimate of drug-likeness (QED) is 0.469. The Hall–Kier alpha value is -3.13. The van der Waals surface area contributed by atoms with Gasteiger partial charge in [0.25, 0.3) is 11.6 Å². The highest BCUT2D eigenvalue weighted by molar-refractivity contribution is 6.31. The van der Waals surface area contributed by atoms with Gasteiger partial charge in [0.1, 0.15) is 18.1 Å². The van der Waals surface area contributed by atoms with E-state index in [1.54, 1.807) is 0 Å². The molecule has 0 radical (unpaired) electrons. The summed E-state index contributed by atoms with van der Waals surface area (Å²) in [4.78, 5) is 32.9. The summed E-state index contributed by atoms with van der Waals surface area (Å²) in [6.07, 6.45) is 0.466. The maximum Gasteiger partial charge on any atom is 0.273 e. The number of carbonyl (C=O) groups excluding carboxylic acids is 2. The van der Waals surface area contributed by atoms with Crippen LogP contribution in [-0.2, 0) is 4.79 Å². The molecule has 2 N–H and O–H groups in total. The fraction of sp³-hybridized carbons (Fsp3) is 0.0667. The summed E-state index contributed by atoms with van der Waals surface area (Å²) in [6.45, 7) is -0.341. The molecule has 0 aliphatic rings. The fourth-order valence-corrected chi connectivity index (χ4v) is 2.02. The van der Waals surface area contributed by atoms with Crippen LogP contribution in [-0.4, -0.2) is 28.8 Å². The Morgan fingerprint density at radius 2 is 2.08 bits per heavy atom. The molecule has 0 heterocycles. The van der Waals surface area contributed by atoms with Crippen molar-refractivity contribution in [2.24, 2.45) is 0 Å². The van der Waals surface area contributed by atoms with Crippen LogP contribution in [0.3, 0.4) is 0 Å². The monoisotopic (exact) mass is 350 g/mol. The van der Waals surface area contributed by atoms with Crippen LogP contribution in [0.2, 0.25) is 5.02 Å². The third kappa shape index (κ3) is 3.99. The number of rotatable bonds is 6. The zero-order chi connectivity index (χ0) is 17.7. The zero-order valence-electron chi connectivity index (χ0n) is 12.1. The lowest BCUT2D eigenvalue weighted by atomic mass is 10.1. The number of halogens is 1. The van der Waals surface area contributed by atoms with E-state index in [0.717, 1.165) is 6.07 Å². The summed E-state index contributed by atoms with van der Waals surface area (Å²) in [6, 6.07) is 7.45. The molecule has 0 unspecified atom stereocenters. The predicted octanol–water partition coefficient (Wildman–Crippen LogP) is 2.78. The van der Waals surface area contributed by atoms with Gasteiger partial charge in [-0.1, -0.05) is 11.6 Å². The lowest BCUT2D eigenvalue weighted by Crippen LogP contribution is -2.13. The van der Waals surface area contributed by atoms with Gasteiger partial charge in [-0.3, -0.25) is 19.7 Å². The van der Waals surface area contributed by atoms with Crippen LogP contribution in [0.5, 0.6) is 11.5 Å². The highest BCUT2D eigenvalue weighted by Gasteiger charge is 2.17. The number of phenolic OH excluding ortho intramolecular Hbond substituents is 1. The van der Waals surface area contributed by atoms with Crippen LogP contribution in [0.15, 0.2) is 36.4 Å². The van der Waals surface area contributed by atoms with Gasteiger partial charge < -0.3 is 15.2 Å². The number of hydrogen-bond acceptors (Lipinski definition) is 6. The molecule has 1 amide bonds. The molecule has 0 aromatic heterocycles. The number of anilines is 1. The van der Waals surface area contributed by atoms with E-state index in [4.69, 9.17) is 16.3 Å². The van der Waals surface area contributed by atoms with Crippen molar-refractivity contribution < 1.29 is 24.4 Å². The molecule has 0 saturated heterocycles. The molecule has 0 aliphatic heterocycles. The first-order valence-corrected chi connectivity index (χ1v) is 6.95. The normalized spacial score (nSPS) is 10.0. The molecule has 124 valence electrons. The predicted molar refractivity (Wildman–Crippen MR) is 85.7 cm³/mol. The number of nitrogens with zero attached hydrogens (tertiary/aromatic N) is 1. The minimum atomic E-state index is -0.695. The van der Waals surface area contributed by atoms with Crippen molar-refractivity contribution >= 4 is 35.2 Å². The number of nitrogens with one attached hydrogen (secondary N) is 1. The second-order valence-electron chi connectivity index (χ2n) is 4.53. The van der Waals surface area contributed by atoms with Crippen molar-refractivity contribution in [1.29, 1.82) is 0 Å². The Balaban J connectivity index is 2.33. The average molecular weight is 351 g/mol. The summed E-state index contributed by atoms with van der Waals surface area (Å²) >= 11 is 5.79. The molecule has 24 heavy (non-hydrogen) atoms. The van der Waals surface area contributed by atoms with E-state index >= 15 is 0 Å². The Morgan fingerprint density at radius 3 is 2.75 bits per heavy atom. The molecular formula is C15H11ClN2O6. The van der Waals surface area contributed by atoms with Gasteiger partial charge in [0.15, 0.2) is 6.29 Å². The van der Waals surface area contributed by atoms with E-state index in [1.165, 1.54) is 30.3 Å². The number of aromatic hydroxyl groups is 1. The minimum Gasteiger partial charge on any atom is -0.507 e. The number of phenols is 1. The molecule has 0 bridgehead atoms. The Labute approximate surface area is 140 Å². The molecule has 2 aromatic rings. The summed E-state index contributed by atoms with van der Waals surface area (Å²) in [5.41, 5.74) is -0.242. The zero-order valence-corrected chi connectivity index (χ0v) is 12.8. The van der Waals surface area contributed by atoms with E-state index in [1.807, 2.05) is 0 Å². The number of benzene rings is 2. The van der Waals surface area contributed by atoms with Gasteiger partial charge in [0, 0.05) is 11.1 Å². The van der Waals surface area contributed by atoms with Crippen molar-refractivity contribution in [2.45, 2.75) is 0 Å². The number of nitro benzene ring substituents is 1. The SMILES string of the molecule is O=CCOc1cc([N+](=O)[O-])ccc1NC(=O)c1cc(Cl)ccc1O. The fourth-order valence-electron chi connectivity index (χ4n) is 1.85. The third-order valence-electron chi connectivity index (χ3n) is 2.93. The van der Waals surface area contributed by atoms with E-state index in [-0.39, 0.29) is 40.1 Å². The Morgan fingerprint density at radius 1 is 1.33 bits per heavy atom. The minimum absolute atomic E-state index is 0.0498. The highest BCUT2D eigenvalue weighted by atomic mass is 35.5. The Bertz CT molecular complexity index is 809. The average Bonchev–Trinajstić information content (AvgIpc) is 2.55. The smallest absolute Gasteiger partial charge is 0.273 e. The number of nitro groups is 1. The summed E-state index contributed by atoms with van der Waals surface area (Å²) < 4.78 is 5.09. The van der Waals surface area contributed by atoms with Crippen LogP contribution < -0.4 is 10.1 Å². The second kappa shape index (κ2) is 7.42. The second-order valence-corrected chi connectivity index (χ2v) is 4.97. The van der Waals surface area contributed by atoms with E-state index < -0.39 is 10.8 Å². The van der Waals surface area contributed by atoms with Gasteiger partial charge in [-0.25, -0.2) is 0 Å². The third-order valence-corrected chi connectivity index (χ3v) is 3.17. The van der Waals surface area contributed by atoms with Crippen molar-refractivity contribution in [3.8, 4) is 11.5 Å². The summed E-state index contributed by atoms with van der Waals surface area (Å²) in [7, 11) is 0. The van der Waals surface area contributed by atoms with Crippen LogP contribution in [0.1, 0.15) is 10.4 Å². The largest absolute Gasteiger partial charge is 0.507 e. The topological polar surface area (TPSA) is 119 Å². The standard InChI is InChI=1S/C15H11ClN2O6/c16-9-1-4-13(20)11(7-9)15(21)17-12-3-2-10(18(22)23)8-14(12)24-6-5-19/h1-5,7-8,20H,6H2,(H,17,21). The Kier molecular flexibility index (Phi) is 5.33. The molecule has 9 heteroatoms. The first kappa shape index (κ1) is 17.2. The summed E-state index contributed by atoms with van der Waals surface area (Å²) in [5.74, 6) is -1.03. The summed E-state index contributed by atoms with van der Waals surface area (Å²) in [5, 5.41) is 23.2. The van der Waals surface area contributed by atoms with Crippen LogP contribution >= 0.6 is 11.6 Å². The molecule has 0 atom stereocenters. The van der Waals surface area contributed by atoms with Crippen molar-refractivity contribution in [3.63, 3.8) is 0 Å². The number of hydrogen-bond donors (Lipinski definition) is 2. The van der Waals surface area contributed by atoms with E-state index in [0.29, 0.717) is 6.29 Å². The van der Waals surface area contributed by atoms with Crippen molar-refractivity contribution in [3.05, 3.63) is 57.1 Å². The van der Waals surface area contributed by atoms with Crippen LogP contribution in [0.4, 0.5) is 11.4 Å². The van der Waals surface area contributed by atoms with Crippen LogP contribution in [0, 0.1) is 10.1 Å². The number of ether oxygens (including phenoxy) is 1. The molecular weight excluding hydrogens is 340 g/mol. The number of non-ortho nitro benzene ring substituents is 1. The molecule has 0 aliphatic carbocycles. The maximum absolute atomic E-state index is 12.2. The lowest BCUT2D eigenvalue weighted by molar-refractivity contribution is -0.384. The lowest BCUT2D eigenvalue weighted by Gasteiger charge is -2.12. The molecule has 2 aromatic carbocycles. The van der Waals surface area contributed by atoms with Gasteiger partial charge in [-0.05, 0) is 24.3 Å². The number of aldehydes is 1. The van der Waals surface area contributed by atoms with Gasteiger partial charge >= 0.3 is 0 Å². The van der Waals surface area contributed by atoms with Crippen molar-refractivity contribution in [1.82, 2.24) is 0 Å². The number of amides is 1.